The summed E-state index contributed by atoms with van der Waals surface area (Å²) < 4.78 is 0. The lowest BCUT2D eigenvalue weighted by Crippen LogP contribution is -2.30. The van der Waals surface area contributed by atoms with Crippen LogP contribution in [0.4, 0.5) is 0 Å². The largest absolute Gasteiger partial charge is 0.382 e. The minimum absolute atomic E-state index is 0.101. The summed E-state index contributed by atoms with van der Waals surface area (Å²) in [6.07, 6.45) is 2.80. The number of pyridine rings is 1. The second kappa shape index (κ2) is 4.19. The Morgan fingerprint density at radius 1 is 1.43 bits per heavy atom. The van der Waals surface area contributed by atoms with Gasteiger partial charge in [0.2, 0.25) is 0 Å². The van der Waals surface area contributed by atoms with Crippen LogP contribution in [0, 0.1) is 0 Å². The molecule has 0 saturated heterocycles. The highest BCUT2D eigenvalue weighted by atomic mass is 16.2. The van der Waals surface area contributed by atoms with E-state index in [4.69, 9.17) is 17.4 Å². The fourth-order valence-corrected chi connectivity index (χ4v) is 0.862. The number of hydrazone groups is 1. The van der Waals surface area contributed by atoms with E-state index < -0.39 is 5.91 Å². The van der Waals surface area contributed by atoms with Crippen LogP contribution >= 0.6 is 0 Å². The first-order chi connectivity index (χ1) is 6.69. The molecule has 0 fully saturated rings. The molecule has 0 unspecified atom stereocenters. The predicted octanol–water partition coefficient (Wildman–Crippen LogP) is -1.74. The fourth-order valence-electron chi connectivity index (χ4n) is 0.862. The normalized spacial score (nSPS) is 11.1. The van der Waals surface area contributed by atoms with Crippen LogP contribution in [0.5, 0.6) is 0 Å². The van der Waals surface area contributed by atoms with Gasteiger partial charge in [0.1, 0.15) is 0 Å². The summed E-state index contributed by atoms with van der Waals surface area (Å²) in [5.74, 6) is 9.57. The molecule has 7 heteroatoms. The van der Waals surface area contributed by atoms with Crippen molar-refractivity contribution in [2.24, 2.45) is 22.5 Å². The van der Waals surface area contributed by atoms with E-state index in [0.717, 1.165) is 0 Å². The number of nitrogen functional groups attached to an aromatic ring is 1. The lowest BCUT2D eigenvalue weighted by molar-refractivity contribution is 0.0953. The summed E-state index contributed by atoms with van der Waals surface area (Å²) in [5, 5.41) is 3.28. The van der Waals surface area contributed by atoms with Crippen LogP contribution < -0.4 is 22.8 Å². The summed E-state index contributed by atoms with van der Waals surface area (Å²) >= 11 is 0. The molecule has 0 aliphatic heterocycles. The lowest BCUT2D eigenvalue weighted by atomic mass is 10.2. The van der Waals surface area contributed by atoms with Crippen molar-refractivity contribution in [1.82, 2.24) is 10.4 Å². The number of aromatic nitrogens is 1. The van der Waals surface area contributed by atoms with Gasteiger partial charge in [-0.1, -0.05) is 0 Å². The Labute approximate surface area is 79.9 Å². The smallest absolute Gasteiger partial charge is 0.266 e. The first kappa shape index (κ1) is 9.93. The van der Waals surface area contributed by atoms with Gasteiger partial charge >= 0.3 is 0 Å². The van der Waals surface area contributed by atoms with Gasteiger partial charge in [-0.15, -0.1) is 0 Å². The van der Waals surface area contributed by atoms with Crippen molar-refractivity contribution < 1.29 is 4.79 Å². The summed E-state index contributed by atoms with van der Waals surface area (Å²) in [5.41, 5.74) is 8.16. The summed E-state index contributed by atoms with van der Waals surface area (Å²) in [6, 6.07) is 1.49. The van der Waals surface area contributed by atoms with Crippen LogP contribution in [-0.4, -0.2) is 16.7 Å². The van der Waals surface area contributed by atoms with E-state index in [1.807, 2.05) is 5.43 Å². The zero-order valence-electron chi connectivity index (χ0n) is 7.27. The van der Waals surface area contributed by atoms with E-state index in [1.54, 1.807) is 0 Å². The molecule has 0 aliphatic rings. The number of nitrogens with two attached hydrogens (primary N) is 3. The number of amides is 1. The monoisotopic (exact) mass is 194 g/mol. The Kier molecular flexibility index (Phi) is 2.97. The molecule has 0 bridgehead atoms. The number of hydrogen-bond acceptors (Lipinski definition) is 5. The van der Waals surface area contributed by atoms with Gasteiger partial charge in [-0.25, -0.2) is 5.84 Å². The van der Waals surface area contributed by atoms with Crippen LogP contribution in [0.15, 0.2) is 23.6 Å². The molecule has 0 saturated carbocycles. The number of hydrogen-bond donors (Lipinski definition) is 4. The molecule has 7 N–H and O–H groups in total. The zero-order valence-corrected chi connectivity index (χ0v) is 7.27. The molecule has 1 rings (SSSR count). The van der Waals surface area contributed by atoms with Gasteiger partial charge in [-0.2, -0.15) is 5.10 Å². The lowest BCUT2D eigenvalue weighted by Gasteiger charge is -2.01. The average Bonchev–Trinajstić information content (AvgIpc) is 2.27. The molecular weight excluding hydrogens is 184 g/mol. The third-order valence-electron chi connectivity index (χ3n) is 1.57. The van der Waals surface area contributed by atoms with Gasteiger partial charge in [0, 0.05) is 18.0 Å². The molecule has 0 radical (unpaired) electrons. The van der Waals surface area contributed by atoms with Gasteiger partial charge in [0.05, 0.1) is 5.56 Å². The van der Waals surface area contributed by atoms with Crippen LogP contribution in [0.2, 0.25) is 0 Å². The quantitative estimate of drug-likeness (QED) is 0.146. The Balaban J connectivity index is 3.07. The Hall–Kier alpha value is -2.15. The molecule has 0 aromatic carbocycles. The molecule has 7 nitrogen and oxygen atoms in total. The third kappa shape index (κ3) is 1.96. The van der Waals surface area contributed by atoms with Crippen molar-refractivity contribution in [2.45, 2.75) is 0 Å². The number of carbonyl (C=O) groups excluding carboxylic acids is 1. The first-order valence-corrected chi connectivity index (χ1v) is 3.68. The molecule has 1 aromatic rings. The summed E-state index contributed by atoms with van der Waals surface area (Å²) in [6.45, 7) is 0. The van der Waals surface area contributed by atoms with E-state index >= 15 is 0 Å². The van der Waals surface area contributed by atoms with E-state index in [-0.39, 0.29) is 11.4 Å². The molecule has 14 heavy (non-hydrogen) atoms. The highest BCUT2D eigenvalue weighted by molar-refractivity contribution is 6.00. The van der Waals surface area contributed by atoms with E-state index in [0.29, 0.717) is 5.56 Å². The van der Waals surface area contributed by atoms with Gasteiger partial charge < -0.3 is 11.6 Å². The molecule has 0 atom stereocenters. The van der Waals surface area contributed by atoms with Crippen molar-refractivity contribution in [3.63, 3.8) is 0 Å². The number of hydrazine groups is 1. The highest BCUT2D eigenvalue weighted by Gasteiger charge is 2.06. The van der Waals surface area contributed by atoms with Crippen molar-refractivity contribution in [3.05, 3.63) is 29.6 Å². The standard InChI is InChI=1S/C7H10N6O/c8-6(12-9)4-1-5(3-11-2-4)7(14)13-10/h1-3H,9-10H2,(H2,8,12)(H,13,14). The van der Waals surface area contributed by atoms with Crippen molar-refractivity contribution >= 4 is 11.7 Å². The van der Waals surface area contributed by atoms with Gasteiger partial charge in [0.25, 0.3) is 5.91 Å². The maximum absolute atomic E-state index is 11.1. The second-order valence-corrected chi connectivity index (χ2v) is 2.45. The van der Waals surface area contributed by atoms with Crippen LogP contribution in [-0.2, 0) is 0 Å². The van der Waals surface area contributed by atoms with E-state index in [1.165, 1.54) is 18.5 Å². The minimum atomic E-state index is -0.454. The van der Waals surface area contributed by atoms with Crippen molar-refractivity contribution in [2.75, 3.05) is 0 Å². The van der Waals surface area contributed by atoms with Crippen molar-refractivity contribution in [1.29, 1.82) is 0 Å². The van der Waals surface area contributed by atoms with Gasteiger partial charge in [0.15, 0.2) is 5.84 Å². The van der Waals surface area contributed by atoms with E-state index in [2.05, 4.69) is 10.1 Å². The highest BCUT2D eigenvalue weighted by Crippen LogP contribution is 2.01. The molecule has 1 heterocycles. The number of amidine groups is 1. The average molecular weight is 194 g/mol. The topological polar surface area (TPSA) is 132 Å². The summed E-state index contributed by atoms with van der Waals surface area (Å²) in [4.78, 5) is 14.9. The fraction of sp³-hybridized carbons (Fsp3) is 0. The minimum Gasteiger partial charge on any atom is -0.382 e. The summed E-state index contributed by atoms with van der Waals surface area (Å²) in [7, 11) is 0. The van der Waals surface area contributed by atoms with E-state index in [9.17, 15) is 4.79 Å². The number of rotatable bonds is 2. The third-order valence-corrected chi connectivity index (χ3v) is 1.57. The number of carbonyl (C=O) groups is 1. The Morgan fingerprint density at radius 3 is 2.64 bits per heavy atom. The molecule has 0 aliphatic carbocycles. The second-order valence-electron chi connectivity index (χ2n) is 2.45. The van der Waals surface area contributed by atoms with Gasteiger partial charge in [-0.3, -0.25) is 15.2 Å². The Morgan fingerprint density at radius 2 is 2.07 bits per heavy atom. The SMILES string of the molecule is NN=C(N)c1cncc(C(=O)NN)c1. The number of nitrogens with zero attached hydrogens (tertiary/aromatic N) is 2. The number of nitrogens with one attached hydrogen (secondary N) is 1. The molecule has 74 valence electrons. The molecule has 1 aromatic heterocycles. The predicted molar refractivity (Wildman–Crippen MR) is 50.8 cm³/mol. The zero-order chi connectivity index (χ0) is 10.6. The van der Waals surface area contributed by atoms with Gasteiger partial charge in [-0.05, 0) is 6.07 Å². The Bertz CT molecular complexity index is 374. The van der Waals surface area contributed by atoms with Crippen LogP contribution in [0.25, 0.3) is 0 Å². The molecular formula is C7H10N6O. The molecule has 0 spiro atoms. The van der Waals surface area contributed by atoms with Crippen LogP contribution in [0.3, 0.4) is 0 Å². The maximum Gasteiger partial charge on any atom is 0.266 e. The van der Waals surface area contributed by atoms with Crippen molar-refractivity contribution in [3.8, 4) is 0 Å². The maximum atomic E-state index is 11.1. The van der Waals surface area contributed by atoms with Crippen LogP contribution in [0.1, 0.15) is 15.9 Å². The first-order valence-electron chi connectivity index (χ1n) is 3.68. The molecule has 1 amide bonds.